The van der Waals surface area contributed by atoms with Crippen LogP contribution in [0.5, 0.6) is 0 Å². The van der Waals surface area contributed by atoms with E-state index in [1.54, 1.807) is 0 Å². The molecular weight excluding hydrogens is 379 g/mol. The summed E-state index contributed by atoms with van der Waals surface area (Å²) in [6.45, 7) is 4.41. The summed E-state index contributed by atoms with van der Waals surface area (Å²) in [5.41, 5.74) is 2.14. The van der Waals surface area contributed by atoms with Crippen molar-refractivity contribution < 1.29 is 17.6 Å². The molecule has 5 nitrogen and oxygen atoms in total. The molecule has 28 heavy (non-hydrogen) atoms. The van der Waals surface area contributed by atoms with Crippen LogP contribution in [0, 0.1) is 18.7 Å². The van der Waals surface area contributed by atoms with Crippen LogP contribution in [0.15, 0.2) is 53.4 Å². The minimum Gasteiger partial charge on any atom is -0.349 e. The summed E-state index contributed by atoms with van der Waals surface area (Å²) in [5.74, 6) is -1.04. The zero-order valence-electron chi connectivity index (χ0n) is 16.1. The molecule has 0 radical (unpaired) electrons. The first kappa shape index (κ1) is 20.5. The topological polar surface area (TPSA) is 66.5 Å². The molecule has 2 atom stereocenters. The molecule has 1 heterocycles. The molecule has 0 bridgehead atoms. The number of rotatable bonds is 5. The van der Waals surface area contributed by atoms with Gasteiger partial charge in [0.2, 0.25) is 15.9 Å². The molecule has 1 fully saturated rings. The second kappa shape index (κ2) is 8.41. The fourth-order valence-corrected chi connectivity index (χ4v) is 5.14. The molecule has 1 amide bonds. The number of amides is 1. The van der Waals surface area contributed by atoms with Crippen molar-refractivity contribution in [3.63, 3.8) is 0 Å². The van der Waals surface area contributed by atoms with E-state index in [-0.39, 0.29) is 23.4 Å². The van der Waals surface area contributed by atoms with Crippen LogP contribution in [0.25, 0.3) is 0 Å². The number of nitrogens with zero attached hydrogens (tertiary/aromatic N) is 1. The van der Waals surface area contributed by atoms with Crippen molar-refractivity contribution in [2.45, 2.75) is 37.6 Å². The Bertz CT molecular complexity index is 944. The zero-order valence-corrected chi connectivity index (χ0v) is 16.9. The van der Waals surface area contributed by atoms with Gasteiger partial charge in [0.1, 0.15) is 5.82 Å². The Balaban J connectivity index is 1.69. The molecule has 3 rings (SSSR count). The first-order chi connectivity index (χ1) is 13.3. The van der Waals surface area contributed by atoms with Crippen molar-refractivity contribution in [1.29, 1.82) is 0 Å². The quantitative estimate of drug-likeness (QED) is 0.830. The third-order valence-corrected chi connectivity index (χ3v) is 7.10. The molecule has 7 heteroatoms. The molecule has 0 unspecified atom stereocenters. The fraction of sp³-hybridized carbons (Fsp3) is 0.381. The molecule has 2 aromatic carbocycles. The number of benzene rings is 2. The number of sulfonamides is 1. The molecule has 1 saturated heterocycles. The summed E-state index contributed by atoms with van der Waals surface area (Å²) in [6, 6.07) is 12.5. The first-order valence-corrected chi connectivity index (χ1v) is 10.8. The average molecular weight is 405 g/mol. The van der Waals surface area contributed by atoms with Gasteiger partial charge < -0.3 is 5.32 Å². The second-order valence-electron chi connectivity index (χ2n) is 7.24. The van der Waals surface area contributed by atoms with Crippen molar-refractivity contribution in [2.24, 2.45) is 5.92 Å². The second-order valence-corrected chi connectivity index (χ2v) is 9.18. The van der Waals surface area contributed by atoms with Crippen molar-refractivity contribution in [1.82, 2.24) is 9.62 Å². The molecule has 0 aromatic heterocycles. The highest BCUT2D eigenvalue weighted by atomic mass is 32.2. The summed E-state index contributed by atoms with van der Waals surface area (Å²) < 4.78 is 40.1. The van der Waals surface area contributed by atoms with E-state index in [1.165, 1.54) is 16.4 Å². The maximum atomic E-state index is 13.1. The summed E-state index contributed by atoms with van der Waals surface area (Å²) in [4.78, 5) is 12.8. The van der Waals surface area contributed by atoms with Crippen LogP contribution in [0.3, 0.4) is 0 Å². The molecule has 0 saturated carbocycles. The molecule has 1 aliphatic heterocycles. The Kier molecular flexibility index (Phi) is 6.15. The van der Waals surface area contributed by atoms with Crippen LogP contribution >= 0.6 is 0 Å². The monoisotopic (exact) mass is 404 g/mol. The molecule has 150 valence electrons. The highest BCUT2D eigenvalue weighted by Crippen LogP contribution is 2.25. The van der Waals surface area contributed by atoms with Gasteiger partial charge in [-0.15, -0.1) is 0 Å². The van der Waals surface area contributed by atoms with E-state index in [0.717, 1.165) is 23.3 Å². The molecule has 1 aliphatic rings. The van der Waals surface area contributed by atoms with Crippen LogP contribution in [-0.4, -0.2) is 31.7 Å². The minimum atomic E-state index is -3.75. The summed E-state index contributed by atoms with van der Waals surface area (Å²) in [7, 11) is -3.75. The zero-order chi connectivity index (χ0) is 20.3. The smallest absolute Gasteiger partial charge is 0.243 e. The molecular formula is C21H25FN2O3S. The Morgan fingerprint density at radius 1 is 1.18 bits per heavy atom. The van der Waals surface area contributed by atoms with E-state index < -0.39 is 21.8 Å². The number of nitrogens with one attached hydrogen (secondary N) is 1. The summed E-state index contributed by atoms with van der Waals surface area (Å²) >= 11 is 0. The average Bonchev–Trinajstić information content (AvgIpc) is 2.68. The van der Waals surface area contributed by atoms with Gasteiger partial charge >= 0.3 is 0 Å². The predicted octanol–water partition coefficient (Wildman–Crippen LogP) is 3.41. The Morgan fingerprint density at radius 3 is 2.54 bits per heavy atom. The number of carbonyl (C=O) groups excluding carboxylic acids is 1. The lowest BCUT2D eigenvalue weighted by atomic mass is 9.97. The lowest BCUT2D eigenvalue weighted by molar-refractivity contribution is -0.126. The van der Waals surface area contributed by atoms with Gasteiger partial charge in [0, 0.05) is 13.1 Å². The lowest BCUT2D eigenvalue weighted by Crippen LogP contribution is -2.45. The number of hydrogen-bond acceptors (Lipinski definition) is 3. The first-order valence-electron chi connectivity index (χ1n) is 9.40. The highest BCUT2D eigenvalue weighted by Gasteiger charge is 2.33. The number of hydrogen-bond donors (Lipinski definition) is 1. The van der Waals surface area contributed by atoms with Crippen molar-refractivity contribution in [2.75, 3.05) is 13.1 Å². The van der Waals surface area contributed by atoms with E-state index in [9.17, 15) is 17.6 Å². The van der Waals surface area contributed by atoms with Crippen molar-refractivity contribution in [3.8, 4) is 0 Å². The third-order valence-electron chi connectivity index (χ3n) is 5.22. The predicted molar refractivity (Wildman–Crippen MR) is 106 cm³/mol. The number of aryl methyl sites for hydroxylation is 1. The normalized spacial score (nSPS) is 19.2. The number of piperidine rings is 1. The number of carbonyl (C=O) groups is 1. The van der Waals surface area contributed by atoms with E-state index in [2.05, 4.69) is 5.32 Å². The maximum Gasteiger partial charge on any atom is 0.243 e. The van der Waals surface area contributed by atoms with Crippen LogP contribution in [0.2, 0.25) is 0 Å². The van der Waals surface area contributed by atoms with E-state index in [4.69, 9.17) is 0 Å². The van der Waals surface area contributed by atoms with Gasteiger partial charge in [0.25, 0.3) is 0 Å². The van der Waals surface area contributed by atoms with Gasteiger partial charge in [-0.25, -0.2) is 12.8 Å². The highest BCUT2D eigenvalue weighted by molar-refractivity contribution is 7.89. The van der Waals surface area contributed by atoms with Crippen LogP contribution in [0.1, 0.15) is 36.9 Å². The van der Waals surface area contributed by atoms with E-state index in [0.29, 0.717) is 19.4 Å². The van der Waals surface area contributed by atoms with Crippen molar-refractivity contribution in [3.05, 3.63) is 65.5 Å². The van der Waals surface area contributed by atoms with Gasteiger partial charge in [-0.3, -0.25) is 4.79 Å². The van der Waals surface area contributed by atoms with E-state index >= 15 is 0 Å². The van der Waals surface area contributed by atoms with Crippen LogP contribution < -0.4 is 5.32 Å². The van der Waals surface area contributed by atoms with Crippen molar-refractivity contribution >= 4 is 15.9 Å². The molecule has 2 aromatic rings. The fourth-order valence-electron chi connectivity index (χ4n) is 3.61. The SMILES string of the molecule is Cc1ccccc1[C@@H](C)NC(=O)[C@@H]1CCCN(S(=O)(=O)c2ccc(F)cc2)C1. The summed E-state index contributed by atoms with van der Waals surface area (Å²) in [6.07, 6.45) is 1.25. The summed E-state index contributed by atoms with van der Waals surface area (Å²) in [5, 5.41) is 3.02. The van der Waals surface area contributed by atoms with Gasteiger partial charge in [0.15, 0.2) is 0 Å². The lowest BCUT2D eigenvalue weighted by Gasteiger charge is -2.32. The van der Waals surface area contributed by atoms with Crippen LogP contribution in [0.4, 0.5) is 4.39 Å². The Morgan fingerprint density at radius 2 is 1.86 bits per heavy atom. The molecule has 0 spiro atoms. The van der Waals surface area contributed by atoms with Gasteiger partial charge in [-0.1, -0.05) is 24.3 Å². The third kappa shape index (κ3) is 4.42. The molecule has 0 aliphatic carbocycles. The Hall–Kier alpha value is -2.25. The largest absolute Gasteiger partial charge is 0.349 e. The minimum absolute atomic E-state index is 0.0447. The van der Waals surface area contributed by atoms with Crippen LogP contribution in [-0.2, 0) is 14.8 Å². The Labute approximate surface area is 165 Å². The van der Waals surface area contributed by atoms with Gasteiger partial charge in [0.05, 0.1) is 16.9 Å². The molecule has 1 N–H and O–H groups in total. The number of halogens is 1. The van der Waals surface area contributed by atoms with E-state index in [1.807, 2.05) is 38.1 Å². The van der Waals surface area contributed by atoms with Gasteiger partial charge in [-0.2, -0.15) is 4.31 Å². The standard InChI is InChI=1S/C21H25FN2O3S/c1-15-6-3-4-8-20(15)16(2)23-21(25)17-7-5-13-24(14-17)28(26,27)19-11-9-18(22)10-12-19/h3-4,6,8-12,16-17H,5,7,13-14H2,1-2H3,(H,23,25)/t16-,17-/m1/s1. The maximum absolute atomic E-state index is 13.1. The van der Waals surface area contributed by atoms with Gasteiger partial charge in [-0.05, 0) is 62.1 Å².